The minimum Gasteiger partial charge on any atom is -0.347 e. The molecule has 0 radical (unpaired) electrons. The van der Waals surface area contributed by atoms with E-state index >= 15 is 0 Å². The third-order valence-corrected chi connectivity index (χ3v) is 6.56. The first-order valence-electron chi connectivity index (χ1n) is 12.0. The highest BCUT2D eigenvalue weighted by molar-refractivity contribution is 5.98. The summed E-state index contributed by atoms with van der Waals surface area (Å²) in [6.45, 7) is 1.78. The topological polar surface area (TPSA) is 173 Å². The van der Waals surface area contributed by atoms with Crippen molar-refractivity contribution in [3.8, 4) is 11.4 Å². The van der Waals surface area contributed by atoms with Crippen LogP contribution in [0.4, 0.5) is 4.39 Å². The van der Waals surface area contributed by atoms with Crippen LogP contribution in [0, 0.1) is 12.7 Å². The van der Waals surface area contributed by atoms with E-state index in [2.05, 4.69) is 45.8 Å². The first-order valence-corrected chi connectivity index (χ1v) is 12.0. The Bertz CT molecular complexity index is 1810. The van der Waals surface area contributed by atoms with E-state index in [4.69, 9.17) is 0 Å². The van der Waals surface area contributed by atoms with E-state index in [0.29, 0.717) is 35.4 Å². The molecule has 6 rings (SSSR count). The number of benzene rings is 2. The molecule has 0 saturated heterocycles. The number of nitrogens with one attached hydrogen (secondary N) is 3. The number of nitrogens with zero attached hydrogens (tertiary/aromatic N) is 6. The Morgan fingerprint density at radius 1 is 1.18 bits per heavy atom. The largest absolute Gasteiger partial charge is 0.439 e. The van der Waals surface area contributed by atoms with Gasteiger partial charge in [-0.15, -0.1) is 0 Å². The van der Waals surface area contributed by atoms with E-state index in [1.165, 1.54) is 12.1 Å². The summed E-state index contributed by atoms with van der Waals surface area (Å²) < 4.78 is 19.3. The summed E-state index contributed by atoms with van der Waals surface area (Å²) in [5, 5.41) is 20.6. The monoisotopic (exact) mass is 529 g/mol. The second-order valence-electron chi connectivity index (χ2n) is 9.11. The van der Waals surface area contributed by atoms with Gasteiger partial charge < -0.3 is 10.6 Å². The molecule has 1 aliphatic rings. The summed E-state index contributed by atoms with van der Waals surface area (Å²) in [5.74, 6) is -1.68. The predicted molar refractivity (Wildman–Crippen MR) is 132 cm³/mol. The second kappa shape index (κ2) is 9.55. The molecule has 0 unspecified atom stereocenters. The van der Waals surface area contributed by atoms with Gasteiger partial charge in [0.05, 0.1) is 6.04 Å². The van der Waals surface area contributed by atoms with Crippen molar-refractivity contribution in [2.45, 2.75) is 32.4 Å². The van der Waals surface area contributed by atoms with Crippen LogP contribution >= 0.6 is 0 Å². The van der Waals surface area contributed by atoms with Crippen LogP contribution in [-0.4, -0.2) is 47.0 Å². The molecule has 3 aromatic heterocycles. The number of aromatic amines is 1. The van der Waals surface area contributed by atoms with E-state index in [1.807, 2.05) is 12.1 Å². The smallest absolute Gasteiger partial charge is 0.347 e. The summed E-state index contributed by atoms with van der Waals surface area (Å²) in [7, 11) is 0. The fourth-order valence-electron chi connectivity index (χ4n) is 4.61. The molecule has 0 aliphatic heterocycles. The molecule has 0 saturated carbocycles. The average molecular weight is 529 g/mol. The highest BCUT2D eigenvalue weighted by Gasteiger charge is 2.27. The van der Waals surface area contributed by atoms with Crippen molar-refractivity contribution < 1.29 is 18.5 Å². The Hall–Kier alpha value is -5.27. The molecule has 5 aromatic rings. The SMILES string of the molecule is Cc1cc(CNC(=O)c2cc(C(=O)N[C@H]3CCc4cc(-c5noc(=O)[nH]5)ccc43)n3nnnc3n2)ccc1F. The maximum atomic E-state index is 13.5. The number of carbonyl (C=O) groups excluding carboxylic acids is 2. The average Bonchev–Trinajstić information content (AvgIpc) is 3.68. The van der Waals surface area contributed by atoms with Crippen LogP contribution in [0.3, 0.4) is 0 Å². The molecule has 0 bridgehead atoms. The quantitative estimate of drug-likeness (QED) is 0.296. The van der Waals surface area contributed by atoms with Crippen molar-refractivity contribution in [2.24, 2.45) is 0 Å². The van der Waals surface area contributed by atoms with Gasteiger partial charge in [0, 0.05) is 18.2 Å². The summed E-state index contributed by atoms with van der Waals surface area (Å²) in [6.07, 6.45) is 1.34. The minimum atomic E-state index is -0.638. The maximum Gasteiger partial charge on any atom is 0.439 e. The van der Waals surface area contributed by atoms with Crippen molar-refractivity contribution >= 4 is 17.6 Å². The lowest BCUT2D eigenvalue weighted by molar-refractivity contribution is 0.0928. The van der Waals surface area contributed by atoms with Gasteiger partial charge in [-0.3, -0.25) is 19.1 Å². The first kappa shape index (κ1) is 24.1. The van der Waals surface area contributed by atoms with Crippen LogP contribution in [0.15, 0.2) is 51.8 Å². The second-order valence-corrected chi connectivity index (χ2v) is 9.11. The van der Waals surface area contributed by atoms with E-state index in [9.17, 15) is 18.8 Å². The zero-order valence-electron chi connectivity index (χ0n) is 20.4. The van der Waals surface area contributed by atoms with Crippen molar-refractivity contribution in [1.29, 1.82) is 0 Å². The Morgan fingerprint density at radius 2 is 2.05 bits per heavy atom. The van der Waals surface area contributed by atoms with Gasteiger partial charge in [-0.1, -0.05) is 34.5 Å². The standard InChI is InChI=1S/C25H20FN9O4/c1-12-8-13(2-6-17(12)26)11-27-22(36)19-10-20(35-24(29-19)31-33-34-35)23(37)28-18-7-4-14-9-15(3-5-16(14)18)21-30-25(38)39-32-21/h2-3,5-6,8-10,18H,4,7,11H2,1H3,(H,27,36)(H,28,37)(H,30,32,38)/t18-/m0/s1. The normalized spacial score (nSPS) is 14.4. The van der Waals surface area contributed by atoms with E-state index in [-0.39, 0.29) is 35.6 Å². The number of amides is 2. The molecule has 1 atom stereocenters. The number of tetrazole rings is 1. The van der Waals surface area contributed by atoms with Crippen LogP contribution in [0.1, 0.15) is 55.7 Å². The molecule has 13 nitrogen and oxygen atoms in total. The lowest BCUT2D eigenvalue weighted by Gasteiger charge is -2.15. The van der Waals surface area contributed by atoms with Gasteiger partial charge in [0.25, 0.3) is 17.6 Å². The van der Waals surface area contributed by atoms with E-state index in [1.54, 1.807) is 25.1 Å². The molecule has 2 amide bonds. The number of aromatic nitrogens is 7. The third-order valence-electron chi connectivity index (χ3n) is 6.56. The van der Waals surface area contributed by atoms with Gasteiger partial charge in [0.15, 0.2) is 5.82 Å². The number of hydrogen-bond donors (Lipinski definition) is 3. The van der Waals surface area contributed by atoms with Crippen LogP contribution < -0.4 is 16.4 Å². The van der Waals surface area contributed by atoms with Gasteiger partial charge in [-0.05, 0) is 64.6 Å². The van der Waals surface area contributed by atoms with E-state index in [0.717, 1.165) is 15.6 Å². The molecule has 39 heavy (non-hydrogen) atoms. The van der Waals surface area contributed by atoms with Gasteiger partial charge >= 0.3 is 5.76 Å². The molecular formula is C25H20FN9O4. The Kier molecular flexibility index (Phi) is 5.90. The summed E-state index contributed by atoms with van der Waals surface area (Å²) in [4.78, 5) is 44.2. The minimum absolute atomic E-state index is 0.0107. The number of hydrogen-bond acceptors (Lipinski definition) is 9. The van der Waals surface area contributed by atoms with Crippen molar-refractivity contribution in [3.05, 3.63) is 92.5 Å². The van der Waals surface area contributed by atoms with Gasteiger partial charge in [-0.25, -0.2) is 14.2 Å². The Labute approximate surface area is 218 Å². The highest BCUT2D eigenvalue weighted by atomic mass is 19.1. The van der Waals surface area contributed by atoms with Crippen molar-refractivity contribution in [1.82, 2.24) is 45.8 Å². The molecule has 14 heteroatoms. The van der Waals surface area contributed by atoms with Crippen LogP contribution in [-0.2, 0) is 13.0 Å². The Morgan fingerprint density at radius 3 is 2.85 bits per heavy atom. The molecule has 3 N–H and O–H groups in total. The predicted octanol–water partition coefficient (Wildman–Crippen LogP) is 1.66. The number of carbonyl (C=O) groups is 2. The molecule has 3 heterocycles. The highest BCUT2D eigenvalue weighted by Crippen LogP contribution is 2.33. The summed E-state index contributed by atoms with van der Waals surface area (Å²) in [5.41, 5.74) is 3.79. The molecular weight excluding hydrogens is 509 g/mol. The first-order chi connectivity index (χ1) is 18.9. The van der Waals surface area contributed by atoms with E-state index < -0.39 is 17.6 Å². The molecule has 1 aliphatic carbocycles. The van der Waals surface area contributed by atoms with Gasteiger partial charge in [0.1, 0.15) is 17.2 Å². The fraction of sp³-hybridized carbons (Fsp3) is 0.200. The summed E-state index contributed by atoms with van der Waals surface area (Å²) in [6, 6.07) is 11.1. The molecule has 2 aromatic carbocycles. The van der Waals surface area contributed by atoms with Crippen LogP contribution in [0.2, 0.25) is 0 Å². The van der Waals surface area contributed by atoms with Crippen LogP contribution in [0.5, 0.6) is 0 Å². The van der Waals surface area contributed by atoms with Crippen molar-refractivity contribution in [2.75, 3.05) is 0 Å². The van der Waals surface area contributed by atoms with Gasteiger partial charge in [0.2, 0.25) is 0 Å². The number of aryl methyl sites for hydroxylation is 2. The number of fused-ring (bicyclic) bond motifs is 2. The zero-order valence-corrected chi connectivity index (χ0v) is 20.4. The molecule has 0 spiro atoms. The maximum absolute atomic E-state index is 13.5. The Balaban J connectivity index is 1.21. The third kappa shape index (κ3) is 4.63. The molecule has 0 fully saturated rings. The van der Waals surface area contributed by atoms with Crippen LogP contribution in [0.25, 0.3) is 17.2 Å². The fourth-order valence-corrected chi connectivity index (χ4v) is 4.61. The molecule has 196 valence electrons. The number of rotatable bonds is 6. The number of halogens is 1. The summed E-state index contributed by atoms with van der Waals surface area (Å²) >= 11 is 0. The number of H-pyrrole nitrogens is 1. The van der Waals surface area contributed by atoms with Crippen molar-refractivity contribution in [3.63, 3.8) is 0 Å². The lowest BCUT2D eigenvalue weighted by Crippen LogP contribution is -2.30. The van der Waals surface area contributed by atoms with Gasteiger partial charge in [-0.2, -0.15) is 4.52 Å². The zero-order chi connectivity index (χ0) is 27.1. The lowest BCUT2D eigenvalue weighted by atomic mass is 10.0.